The number of fused-ring (bicyclic) bond motifs is 8. The summed E-state index contributed by atoms with van der Waals surface area (Å²) in [6.45, 7) is 0. The predicted molar refractivity (Wildman–Crippen MR) is 116 cm³/mol. The third kappa shape index (κ3) is 2.63. The van der Waals surface area contributed by atoms with Crippen LogP contribution < -0.4 is 9.47 Å². The first kappa shape index (κ1) is 17.1. The molecule has 2 heteroatoms. The zero-order valence-electron chi connectivity index (χ0n) is 16.4. The largest absolute Gasteiger partial charge is 0.496 e. The van der Waals surface area contributed by atoms with Crippen molar-refractivity contribution in [1.29, 1.82) is 0 Å². The van der Waals surface area contributed by atoms with E-state index < -0.39 is 0 Å². The van der Waals surface area contributed by atoms with Crippen LogP contribution in [0.15, 0.2) is 60.7 Å². The van der Waals surface area contributed by atoms with Gasteiger partial charge in [-0.05, 0) is 58.7 Å². The molecule has 0 aromatic heterocycles. The fourth-order valence-electron chi connectivity index (χ4n) is 4.78. The number of benzene rings is 4. The minimum absolute atomic E-state index is 0.940. The van der Waals surface area contributed by atoms with E-state index in [1.54, 1.807) is 14.2 Å². The molecule has 0 atom stereocenters. The number of methoxy groups -OCH3 is 2. The molecule has 4 aromatic carbocycles. The third-order valence-corrected chi connectivity index (χ3v) is 6.05. The summed E-state index contributed by atoms with van der Waals surface area (Å²) in [4.78, 5) is 0. The fourth-order valence-corrected chi connectivity index (χ4v) is 4.78. The smallest absolute Gasteiger partial charge is 0.129 e. The van der Waals surface area contributed by atoms with E-state index in [0.717, 1.165) is 37.2 Å². The molecule has 4 aromatic rings. The molecule has 0 fully saturated rings. The summed E-state index contributed by atoms with van der Waals surface area (Å²) in [6, 6.07) is 22.0. The highest BCUT2D eigenvalue weighted by Crippen LogP contribution is 2.38. The molecule has 140 valence electrons. The Labute approximate surface area is 165 Å². The van der Waals surface area contributed by atoms with Gasteiger partial charge >= 0.3 is 0 Å². The number of rotatable bonds is 2. The van der Waals surface area contributed by atoms with Gasteiger partial charge in [-0.15, -0.1) is 0 Å². The Morgan fingerprint density at radius 2 is 0.857 bits per heavy atom. The van der Waals surface area contributed by atoms with Gasteiger partial charge in [-0.25, -0.2) is 0 Å². The minimum atomic E-state index is 0.940. The summed E-state index contributed by atoms with van der Waals surface area (Å²) in [6.07, 6.45) is 3.92. The number of aryl methyl sites for hydroxylation is 4. The summed E-state index contributed by atoms with van der Waals surface area (Å²) in [5.41, 5.74) is 5.40. The highest BCUT2D eigenvalue weighted by atomic mass is 16.5. The van der Waals surface area contributed by atoms with E-state index in [1.807, 2.05) is 0 Å². The van der Waals surface area contributed by atoms with Gasteiger partial charge in [0.05, 0.1) is 14.2 Å². The predicted octanol–water partition coefficient (Wildman–Crippen LogP) is 5.89. The second-order valence-electron chi connectivity index (χ2n) is 7.55. The second kappa shape index (κ2) is 6.87. The molecule has 1 aliphatic rings. The van der Waals surface area contributed by atoms with Gasteiger partial charge < -0.3 is 9.47 Å². The molecule has 2 nitrogen and oxygen atoms in total. The maximum absolute atomic E-state index is 5.86. The van der Waals surface area contributed by atoms with Crippen LogP contribution in [0.3, 0.4) is 0 Å². The van der Waals surface area contributed by atoms with Crippen LogP contribution in [-0.4, -0.2) is 14.2 Å². The SMILES string of the molecule is COc1c2cc(c3ccccc13)CCc1cc(c(OC)c3ccccc13)CC2. The maximum Gasteiger partial charge on any atom is 0.129 e. The maximum atomic E-state index is 5.86. The molecule has 0 spiro atoms. The molecule has 0 unspecified atom stereocenters. The van der Waals surface area contributed by atoms with Crippen molar-refractivity contribution in [2.75, 3.05) is 14.2 Å². The van der Waals surface area contributed by atoms with E-state index in [-0.39, 0.29) is 0 Å². The van der Waals surface area contributed by atoms with Gasteiger partial charge in [-0.3, -0.25) is 0 Å². The normalized spacial score (nSPS) is 13.5. The molecule has 0 N–H and O–H groups in total. The summed E-state index contributed by atoms with van der Waals surface area (Å²) in [5.74, 6) is 2.03. The zero-order chi connectivity index (χ0) is 19.1. The lowest BCUT2D eigenvalue weighted by Crippen LogP contribution is -2.05. The molecular weight excluding hydrogens is 344 g/mol. The van der Waals surface area contributed by atoms with Crippen LogP contribution in [0, 0.1) is 0 Å². The van der Waals surface area contributed by atoms with Crippen LogP contribution in [0.1, 0.15) is 22.3 Å². The Morgan fingerprint density at radius 1 is 0.500 bits per heavy atom. The van der Waals surface area contributed by atoms with E-state index >= 15 is 0 Å². The zero-order valence-corrected chi connectivity index (χ0v) is 16.4. The number of hydrogen-bond acceptors (Lipinski definition) is 2. The van der Waals surface area contributed by atoms with Crippen molar-refractivity contribution in [3.63, 3.8) is 0 Å². The van der Waals surface area contributed by atoms with Crippen molar-refractivity contribution in [2.45, 2.75) is 25.7 Å². The van der Waals surface area contributed by atoms with Gasteiger partial charge in [0.15, 0.2) is 0 Å². The Hall–Kier alpha value is -3.00. The van der Waals surface area contributed by atoms with Crippen LogP contribution in [0.2, 0.25) is 0 Å². The summed E-state index contributed by atoms with van der Waals surface area (Å²) in [5, 5.41) is 5.06. The van der Waals surface area contributed by atoms with Gasteiger partial charge in [-0.2, -0.15) is 0 Å². The quantitative estimate of drug-likeness (QED) is 0.439. The van der Waals surface area contributed by atoms with E-state index in [1.165, 1.54) is 43.8 Å². The topological polar surface area (TPSA) is 18.5 Å². The standard InChI is InChI=1S/C26H24O2/c1-27-25-19-13-14-20-16-18(22-8-4-6-10-24(22)26(20)28-2)12-11-17(15-19)21-7-3-5-9-23(21)25/h3-10,15-16H,11-14H2,1-2H3. The first-order valence-corrected chi connectivity index (χ1v) is 9.95. The van der Waals surface area contributed by atoms with Crippen molar-refractivity contribution >= 4 is 21.5 Å². The molecule has 0 amide bonds. The lowest BCUT2D eigenvalue weighted by Gasteiger charge is -2.20. The first-order valence-electron chi connectivity index (χ1n) is 9.95. The number of ether oxygens (including phenoxy) is 2. The molecule has 5 rings (SSSR count). The van der Waals surface area contributed by atoms with Gasteiger partial charge in [0.2, 0.25) is 0 Å². The van der Waals surface area contributed by atoms with Crippen molar-refractivity contribution in [3.05, 3.63) is 82.9 Å². The average molecular weight is 368 g/mol. The number of hydrogen-bond donors (Lipinski definition) is 0. The third-order valence-electron chi connectivity index (χ3n) is 6.05. The summed E-state index contributed by atoms with van der Waals surface area (Å²) < 4.78 is 11.7. The minimum Gasteiger partial charge on any atom is -0.496 e. The van der Waals surface area contributed by atoms with E-state index in [0.29, 0.717) is 0 Å². The lowest BCUT2D eigenvalue weighted by atomic mass is 9.88. The van der Waals surface area contributed by atoms with Gasteiger partial charge in [-0.1, -0.05) is 60.7 Å². The highest BCUT2D eigenvalue weighted by molar-refractivity contribution is 5.94. The van der Waals surface area contributed by atoms with Gasteiger partial charge in [0.25, 0.3) is 0 Å². The van der Waals surface area contributed by atoms with Crippen molar-refractivity contribution < 1.29 is 9.47 Å². The van der Waals surface area contributed by atoms with E-state index in [4.69, 9.17) is 9.47 Å². The lowest BCUT2D eigenvalue weighted by molar-refractivity contribution is 0.411. The molecule has 1 aliphatic carbocycles. The van der Waals surface area contributed by atoms with Crippen LogP contribution >= 0.6 is 0 Å². The van der Waals surface area contributed by atoms with Crippen LogP contribution in [0.5, 0.6) is 11.5 Å². The molecular formula is C26H24O2. The Balaban J connectivity index is 1.74. The highest BCUT2D eigenvalue weighted by Gasteiger charge is 2.18. The summed E-state index contributed by atoms with van der Waals surface area (Å²) >= 11 is 0. The molecule has 0 heterocycles. The van der Waals surface area contributed by atoms with E-state index in [2.05, 4.69) is 60.7 Å². The second-order valence-corrected chi connectivity index (χ2v) is 7.55. The van der Waals surface area contributed by atoms with Crippen LogP contribution in [0.25, 0.3) is 21.5 Å². The molecule has 0 radical (unpaired) electrons. The first-order chi connectivity index (χ1) is 13.8. The van der Waals surface area contributed by atoms with Crippen LogP contribution in [0.4, 0.5) is 0 Å². The van der Waals surface area contributed by atoms with Crippen LogP contribution in [-0.2, 0) is 25.7 Å². The van der Waals surface area contributed by atoms with Gasteiger partial charge in [0, 0.05) is 10.8 Å². The Kier molecular flexibility index (Phi) is 4.20. The Morgan fingerprint density at radius 3 is 1.25 bits per heavy atom. The molecule has 0 saturated heterocycles. The van der Waals surface area contributed by atoms with Gasteiger partial charge in [0.1, 0.15) is 11.5 Å². The van der Waals surface area contributed by atoms with Crippen molar-refractivity contribution in [1.82, 2.24) is 0 Å². The fraction of sp³-hybridized carbons (Fsp3) is 0.231. The van der Waals surface area contributed by atoms with Crippen molar-refractivity contribution in [3.8, 4) is 11.5 Å². The Bertz CT molecular complexity index is 1090. The van der Waals surface area contributed by atoms with E-state index in [9.17, 15) is 0 Å². The average Bonchev–Trinajstić information content (AvgIpc) is 2.75. The molecule has 0 aliphatic heterocycles. The summed E-state index contributed by atoms with van der Waals surface area (Å²) in [7, 11) is 3.57. The van der Waals surface area contributed by atoms with Crippen molar-refractivity contribution in [2.24, 2.45) is 0 Å². The molecule has 4 bridgehead atoms. The molecule has 28 heavy (non-hydrogen) atoms. The monoisotopic (exact) mass is 368 g/mol. The molecule has 0 saturated carbocycles.